The summed E-state index contributed by atoms with van der Waals surface area (Å²) in [5.41, 5.74) is 1.15. The van der Waals surface area contributed by atoms with E-state index in [2.05, 4.69) is 53.1 Å². The molecule has 1 aromatic carbocycles. The second kappa shape index (κ2) is 8.88. The summed E-state index contributed by atoms with van der Waals surface area (Å²) in [6.07, 6.45) is 0. The van der Waals surface area contributed by atoms with Crippen LogP contribution in [0.15, 0.2) is 29.3 Å². The van der Waals surface area contributed by atoms with Gasteiger partial charge in [0.25, 0.3) is 0 Å². The van der Waals surface area contributed by atoms with Gasteiger partial charge in [0.05, 0.1) is 24.8 Å². The molecule has 0 aliphatic carbocycles. The molecule has 1 N–H and O–H groups in total. The summed E-state index contributed by atoms with van der Waals surface area (Å²) in [6.45, 7) is 9.58. The van der Waals surface area contributed by atoms with Gasteiger partial charge >= 0.3 is 0 Å². The van der Waals surface area contributed by atoms with Crippen LogP contribution in [0, 0.1) is 0 Å². The Morgan fingerprint density at radius 3 is 2.60 bits per heavy atom. The average Bonchev–Trinajstić information content (AvgIpc) is 2.94. The van der Waals surface area contributed by atoms with Crippen LogP contribution < -0.4 is 5.32 Å². The van der Waals surface area contributed by atoms with Crippen LogP contribution in [0.3, 0.4) is 0 Å². The molecule has 5 nitrogen and oxygen atoms in total. The zero-order valence-corrected chi connectivity index (χ0v) is 18.3. The van der Waals surface area contributed by atoms with Crippen molar-refractivity contribution in [1.82, 2.24) is 15.1 Å². The third-order valence-corrected chi connectivity index (χ3v) is 4.91. The van der Waals surface area contributed by atoms with Crippen LogP contribution in [0.4, 0.5) is 0 Å². The number of likely N-dealkylation sites (N-methyl/N-ethyl adjacent to an activating group) is 1. The molecule has 0 spiro atoms. The first-order chi connectivity index (χ1) is 11.4. The van der Waals surface area contributed by atoms with Crippen molar-refractivity contribution >= 4 is 41.5 Å². The van der Waals surface area contributed by atoms with E-state index in [4.69, 9.17) is 16.3 Å². The molecule has 0 amide bonds. The van der Waals surface area contributed by atoms with E-state index in [0.29, 0.717) is 0 Å². The van der Waals surface area contributed by atoms with Gasteiger partial charge in [-0.1, -0.05) is 23.7 Å². The molecule has 1 unspecified atom stereocenters. The minimum Gasteiger partial charge on any atom is -0.373 e. The molecule has 2 aliphatic heterocycles. The topological polar surface area (TPSA) is 40.1 Å². The number of nitrogens with zero attached hydrogens (tertiary/aromatic N) is 3. The fourth-order valence-corrected chi connectivity index (χ4v) is 3.50. The van der Waals surface area contributed by atoms with Crippen molar-refractivity contribution in [3.05, 3.63) is 34.9 Å². The van der Waals surface area contributed by atoms with Crippen molar-refractivity contribution < 1.29 is 4.74 Å². The molecule has 0 aromatic heterocycles. The van der Waals surface area contributed by atoms with Crippen LogP contribution in [0.1, 0.15) is 25.5 Å². The lowest BCUT2D eigenvalue weighted by Gasteiger charge is -2.42. The van der Waals surface area contributed by atoms with Crippen molar-refractivity contribution in [2.45, 2.75) is 25.5 Å². The first kappa shape index (κ1) is 20.7. The van der Waals surface area contributed by atoms with E-state index in [9.17, 15) is 0 Å². The standard InChI is InChI=1S/C18H27ClN4O.HI/c1-18(2)13-23(10-11-24-18)16(14-4-6-15(19)7-5-14)12-21-17-20-8-9-22(17)3;/h4-7,16H,8-13H2,1-3H3,(H,20,21);1H. The normalized spacial score (nSPS) is 21.4. The molecule has 0 radical (unpaired) electrons. The number of hydrogen-bond acceptors (Lipinski definition) is 5. The van der Waals surface area contributed by atoms with E-state index in [1.807, 2.05) is 12.1 Å². The van der Waals surface area contributed by atoms with Crippen LogP contribution >= 0.6 is 35.6 Å². The van der Waals surface area contributed by atoms with Crippen molar-refractivity contribution in [2.24, 2.45) is 4.99 Å². The molecule has 0 bridgehead atoms. The lowest BCUT2D eigenvalue weighted by molar-refractivity contribution is -0.0971. The molecule has 25 heavy (non-hydrogen) atoms. The molecule has 140 valence electrons. The second-order valence-corrected chi connectivity index (χ2v) is 7.59. The number of ether oxygens (including phenoxy) is 1. The number of benzene rings is 1. The van der Waals surface area contributed by atoms with Gasteiger partial charge < -0.3 is 15.0 Å². The van der Waals surface area contributed by atoms with Gasteiger partial charge in [-0.15, -0.1) is 24.0 Å². The molecule has 3 rings (SSSR count). The summed E-state index contributed by atoms with van der Waals surface area (Å²) in [6, 6.07) is 8.44. The van der Waals surface area contributed by atoms with E-state index in [1.54, 1.807) is 0 Å². The molecule has 7 heteroatoms. The van der Waals surface area contributed by atoms with Gasteiger partial charge in [0.1, 0.15) is 0 Å². The lowest BCUT2D eigenvalue weighted by atomic mass is 10.0. The van der Waals surface area contributed by atoms with E-state index in [0.717, 1.165) is 50.3 Å². The van der Waals surface area contributed by atoms with Gasteiger partial charge in [-0.3, -0.25) is 9.89 Å². The van der Waals surface area contributed by atoms with E-state index in [1.165, 1.54) is 5.56 Å². The van der Waals surface area contributed by atoms with Crippen LogP contribution in [-0.2, 0) is 4.74 Å². The van der Waals surface area contributed by atoms with Gasteiger partial charge in [0, 0.05) is 38.2 Å². The smallest absolute Gasteiger partial charge is 0.193 e. The predicted molar refractivity (Wildman–Crippen MR) is 114 cm³/mol. The zero-order valence-electron chi connectivity index (χ0n) is 15.2. The maximum absolute atomic E-state index is 6.07. The summed E-state index contributed by atoms with van der Waals surface area (Å²) in [5, 5.41) is 4.30. The Kier molecular flexibility index (Phi) is 7.37. The Hall–Kier alpha value is -0.570. The highest BCUT2D eigenvalue weighted by molar-refractivity contribution is 14.0. The molecular formula is C18H28ClIN4O. The average molecular weight is 479 g/mol. The number of guanidine groups is 1. The van der Waals surface area contributed by atoms with Crippen molar-refractivity contribution in [3.8, 4) is 0 Å². The first-order valence-electron chi connectivity index (χ1n) is 8.57. The summed E-state index contributed by atoms with van der Waals surface area (Å²) in [7, 11) is 2.08. The minimum absolute atomic E-state index is 0. The Morgan fingerprint density at radius 1 is 1.28 bits per heavy atom. The molecule has 1 fully saturated rings. The van der Waals surface area contributed by atoms with E-state index in [-0.39, 0.29) is 35.6 Å². The van der Waals surface area contributed by atoms with E-state index >= 15 is 0 Å². The van der Waals surface area contributed by atoms with Gasteiger partial charge in [-0.25, -0.2) is 0 Å². The number of hydrogen-bond donors (Lipinski definition) is 1. The monoisotopic (exact) mass is 478 g/mol. The lowest BCUT2D eigenvalue weighted by Crippen LogP contribution is -2.52. The minimum atomic E-state index is -0.120. The highest BCUT2D eigenvalue weighted by Gasteiger charge is 2.32. The van der Waals surface area contributed by atoms with Gasteiger partial charge in [-0.2, -0.15) is 0 Å². The Balaban J connectivity index is 0.00000225. The molecule has 1 saturated heterocycles. The predicted octanol–water partition coefficient (Wildman–Crippen LogP) is 3.00. The number of morpholine rings is 1. The second-order valence-electron chi connectivity index (χ2n) is 7.15. The van der Waals surface area contributed by atoms with Crippen LogP contribution in [0.25, 0.3) is 0 Å². The summed E-state index contributed by atoms with van der Waals surface area (Å²) in [4.78, 5) is 9.20. The first-order valence-corrected chi connectivity index (χ1v) is 8.95. The Bertz CT molecular complexity index is 593. The number of aliphatic imine (C=N–C) groups is 1. The molecule has 2 heterocycles. The van der Waals surface area contributed by atoms with Gasteiger partial charge in [0.2, 0.25) is 0 Å². The van der Waals surface area contributed by atoms with Crippen LogP contribution in [-0.4, -0.2) is 67.7 Å². The zero-order chi connectivity index (χ0) is 17.2. The third-order valence-electron chi connectivity index (χ3n) is 4.66. The molecule has 0 saturated carbocycles. The van der Waals surface area contributed by atoms with Crippen molar-refractivity contribution in [3.63, 3.8) is 0 Å². The summed E-state index contributed by atoms with van der Waals surface area (Å²) >= 11 is 6.07. The van der Waals surface area contributed by atoms with Crippen LogP contribution in [0.5, 0.6) is 0 Å². The number of nitrogens with one attached hydrogen (secondary N) is 1. The van der Waals surface area contributed by atoms with Crippen molar-refractivity contribution in [1.29, 1.82) is 0 Å². The maximum Gasteiger partial charge on any atom is 0.193 e. The third kappa shape index (κ3) is 5.45. The number of halogens is 2. The highest BCUT2D eigenvalue weighted by atomic mass is 127. The summed E-state index contributed by atoms with van der Waals surface area (Å²) < 4.78 is 5.88. The van der Waals surface area contributed by atoms with E-state index < -0.39 is 0 Å². The van der Waals surface area contributed by atoms with Crippen molar-refractivity contribution in [2.75, 3.05) is 46.4 Å². The van der Waals surface area contributed by atoms with Gasteiger partial charge in [-0.05, 0) is 31.5 Å². The molecular weight excluding hydrogens is 451 g/mol. The SMILES string of the molecule is CN1CCN=C1NCC(c1ccc(Cl)cc1)N1CCOC(C)(C)C1.I. The van der Waals surface area contributed by atoms with Gasteiger partial charge in [0.15, 0.2) is 5.96 Å². The summed E-state index contributed by atoms with van der Waals surface area (Å²) in [5.74, 6) is 0.987. The number of rotatable bonds is 4. The fourth-order valence-electron chi connectivity index (χ4n) is 3.37. The van der Waals surface area contributed by atoms with Crippen LogP contribution in [0.2, 0.25) is 5.02 Å². The maximum atomic E-state index is 6.07. The highest BCUT2D eigenvalue weighted by Crippen LogP contribution is 2.27. The Labute approximate surface area is 172 Å². The largest absolute Gasteiger partial charge is 0.373 e. The quantitative estimate of drug-likeness (QED) is 0.676. The Morgan fingerprint density at radius 2 is 2.00 bits per heavy atom. The molecule has 1 aromatic rings. The molecule has 1 atom stereocenters. The molecule has 2 aliphatic rings. The fraction of sp³-hybridized carbons (Fsp3) is 0.611.